The highest BCUT2D eigenvalue weighted by atomic mass is 35.5. The fourth-order valence-corrected chi connectivity index (χ4v) is 3.53. The highest BCUT2D eigenvalue weighted by molar-refractivity contribution is 6.29. The fourth-order valence-electron chi connectivity index (χ4n) is 3.43. The van der Waals surface area contributed by atoms with E-state index in [1.807, 2.05) is 18.2 Å². The van der Waals surface area contributed by atoms with Gasteiger partial charge in [0.25, 0.3) is 0 Å². The van der Waals surface area contributed by atoms with E-state index < -0.39 is 0 Å². The monoisotopic (exact) mass is 374 g/mol. The second-order valence-corrected chi connectivity index (χ2v) is 7.41. The van der Waals surface area contributed by atoms with E-state index in [4.69, 9.17) is 11.6 Å². The van der Waals surface area contributed by atoms with Crippen LogP contribution < -0.4 is 10.2 Å². The van der Waals surface area contributed by atoms with Gasteiger partial charge in [-0.1, -0.05) is 23.7 Å². The molecule has 1 aliphatic carbocycles. The maximum absolute atomic E-state index is 14.1. The average Bonchev–Trinajstić information content (AvgIpc) is 3.35. The second-order valence-electron chi connectivity index (χ2n) is 7.02. The molecular formula is C19H20ClFN4O. The summed E-state index contributed by atoms with van der Waals surface area (Å²) < 4.78 is 14.1. The number of carbonyl (C=O) groups excluding carboxylic acids is 1. The van der Waals surface area contributed by atoms with Gasteiger partial charge in [0.1, 0.15) is 5.82 Å². The van der Waals surface area contributed by atoms with E-state index in [-0.39, 0.29) is 24.2 Å². The van der Waals surface area contributed by atoms with Gasteiger partial charge in [-0.05, 0) is 54.5 Å². The number of aromatic nitrogens is 2. The van der Waals surface area contributed by atoms with Gasteiger partial charge in [0.15, 0.2) is 11.0 Å². The van der Waals surface area contributed by atoms with Crippen molar-refractivity contribution in [3.05, 3.63) is 52.4 Å². The number of rotatable bonds is 5. The lowest BCUT2D eigenvalue weighted by Crippen LogP contribution is -2.38. The van der Waals surface area contributed by atoms with Crippen LogP contribution in [-0.4, -0.2) is 35.2 Å². The largest absolute Gasteiger partial charge is 0.353 e. The Morgan fingerprint density at radius 3 is 2.77 bits per heavy atom. The fraction of sp³-hybridized carbons (Fsp3) is 0.421. The minimum absolute atomic E-state index is 0.0514. The lowest BCUT2D eigenvalue weighted by molar-refractivity contribution is -0.121. The number of halogens is 2. The number of benzene rings is 1. The highest BCUT2D eigenvalue weighted by Crippen LogP contribution is 2.41. The van der Waals surface area contributed by atoms with Crippen LogP contribution in [0, 0.1) is 5.82 Å². The SMILES string of the molecule is O=C(Cc1ccc(C2CC2)c(F)c1)N[C@@H]1CCN(c2ccc(Cl)nn2)C1. The highest BCUT2D eigenvalue weighted by Gasteiger charge is 2.27. The number of amides is 1. The van der Waals surface area contributed by atoms with E-state index in [1.54, 1.807) is 6.07 Å². The third kappa shape index (κ3) is 3.96. The molecule has 0 spiro atoms. The molecule has 0 radical (unpaired) electrons. The number of hydrogen-bond acceptors (Lipinski definition) is 4. The summed E-state index contributed by atoms with van der Waals surface area (Å²) in [7, 11) is 0. The molecule has 1 saturated heterocycles. The maximum atomic E-state index is 14.1. The summed E-state index contributed by atoms with van der Waals surface area (Å²) in [4.78, 5) is 14.4. The third-order valence-electron chi connectivity index (χ3n) is 4.94. The Morgan fingerprint density at radius 1 is 1.23 bits per heavy atom. The molecule has 4 rings (SSSR count). The van der Waals surface area contributed by atoms with E-state index in [2.05, 4.69) is 20.4 Å². The van der Waals surface area contributed by atoms with Gasteiger partial charge in [0.2, 0.25) is 5.91 Å². The summed E-state index contributed by atoms with van der Waals surface area (Å²) in [5.41, 5.74) is 1.49. The van der Waals surface area contributed by atoms with E-state index >= 15 is 0 Å². The second kappa shape index (κ2) is 7.19. The Bertz CT molecular complexity index is 810. The van der Waals surface area contributed by atoms with Crippen molar-refractivity contribution in [2.75, 3.05) is 18.0 Å². The smallest absolute Gasteiger partial charge is 0.224 e. The van der Waals surface area contributed by atoms with Crippen LogP contribution in [0.15, 0.2) is 30.3 Å². The molecule has 2 aromatic rings. The number of hydrogen-bond donors (Lipinski definition) is 1. The molecule has 0 unspecified atom stereocenters. The van der Waals surface area contributed by atoms with Crippen LogP contribution in [0.2, 0.25) is 5.15 Å². The molecule has 1 amide bonds. The van der Waals surface area contributed by atoms with E-state index in [0.29, 0.717) is 23.2 Å². The van der Waals surface area contributed by atoms with Crippen molar-refractivity contribution in [1.29, 1.82) is 0 Å². The molecule has 1 aromatic carbocycles. The Hall–Kier alpha value is -2.21. The summed E-state index contributed by atoms with van der Waals surface area (Å²) in [6.07, 6.45) is 3.16. The molecule has 2 heterocycles. The van der Waals surface area contributed by atoms with Gasteiger partial charge in [0.05, 0.1) is 6.42 Å². The summed E-state index contributed by atoms with van der Waals surface area (Å²) >= 11 is 5.76. The standard InChI is InChI=1S/C19H20ClFN4O/c20-17-5-6-18(24-23-17)25-8-7-14(11-25)22-19(26)10-12-1-4-15(13-2-3-13)16(21)9-12/h1,4-6,9,13-14H,2-3,7-8,10-11H2,(H,22,26)/t14-/m1/s1. The summed E-state index contributed by atoms with van der Waals surface area (Å²) in [6.45, 7) is 1.48. The van der Waals surface area contributed by atoms with Crippen molar-refractivity contribution >= 4 is 23.3 Å². The first-order valence-electron chi connectivity index (χ1n) is 8.90. The zero-order valence-corrected chi connectivity index (χ0v) is 15.0. The molecule has 1 N–H and O–H groups in total. The van der Waals surface area contributed by atoms with Gasteiger partial charge < -0.3 is 10.2 Å². The molecule has 1 aromatic heterocycles. The van der Waals surface area contributed by atoms with Crippen LogP contribution in [0.5, 0.6) is 0 Å². The molecule has 2 aliphatic rings. The number of nitrogens with one attached hydrogen (secondary N) is 1. The third-order valence-corrected chi connectivity index (χ3v) is 5.14. The zero-order valence-electron chi connectivity index (χ0n) is 14.3. The molecule has 136 valence electrons. The van der Waals surface area contributed by atoms with Gasteiger partial charge >= 0.3 is 0 Å². The predicted octanol–water partition coefficient (Wildman–Crippen LogP) is 3.08. The molecule has 1 saturated carbocycles. The Morgan fingerprint density at radius 2 is 2.08 bits per heavy atom. The van der Waals surface area contributed by atoms with Crippen LogP contribution in [0.4, 0.5) is 10.2 Å². The van der Waals surface area contributed by atoms with Gasteiger partial charge in [0, 0.05) is 19.1 Å². The summed E-state index contributed by atoms with van der Waals surface area (Å²) in [6, 6.07) is 8.76. The molecule has 1 aliphatic heterocycles. The van der Waals surface area contributed by atoms with Crippen molar-refractivity contribution in [3.63, 3.8) is 0 Å². The van der Waals surface area contributed by atoms with Crippen molar-refractivity contribution < 1.29 is 9.18 Å². The lowest BCUT2D eigenvalue weighted by Gasteiger charge is -2.17. The molecule has 1 atom stereocenters. The molecule has 7 heteroatoms. The Balaban J connectivity index is 1.31. The zero-order chi connectivity index (χ0) is 18.1. The first-order chi connectivity index (χ1) is 12.6. The molecule has 26 heavy (non-hydrogen) atoms. The molecule has 2 fully saturated rings. The van der Waals surface area contributed by atoms with Crippen LogP contribution in [0.3, 0.4) is 0 Å². The summed E-state index contributed by atoms with van der Waals surface area (Å²) in [5.74, 6) is 0.853. The minimum atomic E-state index is -0.189. The molecular weight excluding hydrogens is 355 g/mol. The predicted molar refractivity (Wildman–Crippen MR) is 97.9 cm³/mol. The summed E-state index contributed by atoms with van der Waals surface area (Å²) in [5, 5.41) is 11.3. The maximum Gasteiger partial charge on any atom is 0.224 e. The first kappa shape index (κ1) is 17.2. The average molecular weight is 375 g/mol. The minimum Gasteiger partial charge on any atom is -0.353 e. The molecule has 5 nitrogen and oxygen atoms in total. The van der Waals surface area contributed by atoms with Crippen LogP contribution in [-0.2, 0) is 11.2 Å². The van der Waals surface area contributed by atoms with Gasteiger partial charge in [-0.2, -0.15) is 0 Å². The quantitative estimate of drug-likeness (QED) is 0.873. The van der Waals surface area contributed by atoms with E-state index in [9.17, 15) is 9.18 Å². The van der Waals surface area contributed by atoms with Crippen LogP contribution >= 0.6 is 11.6 Å². The van der Waals surface area contributed by atoms with E-state index in [0.717, 1.165) is 37.2 Å². The topological polar surface area (TPSA) is 58.1 Å². The van der Waals surface area contributed by atoms with Crippen molar-refractivity contribution in [2.24, 2.45) is 0 Å². The lowest BCUT2D eigenvalue weighted by atomic mass is 10.0. The number of carbonyl (C=O) groups is 1. The molecule has 0 bridgehead atoms. The first-order valence-corrected chi connectivity index (χ1v) is 9.28. The normalized spacial score (nSPS) is 19.6. The van der Waals surface area contributed by atoms with Crippen LogP contribution in [0.1, 0.15) is 36.3 Å². The van der Waals surface area contributed by atoms with Gasteiger partial charge in [-0.15, -0.1) is 10.2 Å². The van der Waals surface area contributed by atoms with E-state index in [1.165, 1.54) is 6.07 Å². The van der Waals surface area contributed by atoms with Crippen molar-refractivity contribution in [3.8, 4) is 0 Å². The van der Waals surface area contributed by atoms with Crippen molar-refractivity contribution in [1.82, 2.24) is 15.5 Å². The van der Waals surface area contributed by atoms with Gasteiger partial charge in [-0.3, -0.25) is 4.79 Å². The number of nitrogens with zero attached hydrogens (tertiary/aromatic N) is 3. The van der Waals surface area contributed by atoms with Crippen LogP contribution in [0.25, 0.3) is 0 Å². The van der Waals surface area contributed by atoms with Crippen molar-refractivity contribution in [2.45, 2.75) is 37.6 Å². The Kier molecular flexibility index (Phi) is 4.76. The number of anilines is 1. The Labute approximate surface area is 156 Å². The van der Waals surface area contributed by atoms with Gasteiger partial charge in [-0.25, -0.2) is 4.39 Å².